The largest absolute Gasteiger partial charge is 0.462 e. The van der Waals surface area contributed by atoms with E-state index in [1.807, 2.05) is 30.3 Å². The molecular formula is C34H47NO18. The van der Waals surface area contributed by atoms with E-state index in [2.05, 4.69) is 5.32 Å². The van der Waals surface area contributed by atoms with Crippen molar-refractivity contribution in [1.82, 2.24) is 5.32 Å². The molecule has 2 aromatic carbocycles. The van der Waals surface area contributed by atoms with Crippen LogP contribution < -0.4 is 10.1 Å². The number of amides is 1. The predicted molar refractivity (Wildman–Crippen MR) is 174 cm³/mol. The molecule has 3 fully saturated rings. The molecule has 3 heterocycles. The standard InChI is InChI=1S/C34H47NO18/c36-12-19-22(38)25(41)27(43)31(50-19)47-15-21-24(40)30(53-32-28(44)26(42)23(39)20(13-37)51-32)29(45)33(52-21)49-18-8-6-16(7-9-18)10-11-35-34(46)48-14-17-4-2-1-3-5-17/h1-9,19-33,36-45H,10-15H2,(H,35,46)/t19?,20-,21?,22+,23+,24+,25-,26?,27?,28?,29?,30-,31-,32+,33-/m0/s1. The first-order valence-corrected chi connectivity index (χ1v) is 17.0. The molecule has 0 bridgehead atoms. The van der Waals surface area contributed by atoms with Crippen molar-refractivity contribution < 1.29 is 89.0 Å². The van der Waals surface area contributed by atoms with Gasteiger partial charge in [-0.2, -0.15) is 0 Å². The summed E-state index contributed by atoms with van der Waals surface area (Å²) in [4.78, 5) is 12.1. The molecule has 15 atom stereocenters. The number of hydrogen-bond donors (Lipinski definition) is 11. The zero-order chi connectivity index (χ0) is 38.2. The molecule has 0 aromatic heterocycles. The number of aliphatic hydroxyl groups excluding tert-OH is 10. The zero-order valence-corrected chi connectivity index (χ0v) is 28.3. The number of rotatable bonds is 14. The van der Waals surface area contributed by atoms with Gasteiger partial charge in [0.2, 0.25) is 6.29 Å². The van der Waals surface area contributed by atoms with Gasteiger partial charge in [0, 0.05) is 6.54 Å². The molecule has 19 nitrogen and oxygen atoms in total. The summed E-state index contributed by atoms with van der Waals surface area (Å²) >= 11 is 0. The molecule has 0 aliphatic carbocycles. The Kier molecular flexibility index (Phi) is 14.7. The van der Waals surface area contributed by atoms with Crippen LogP contribution in [0.5, 0.6) is 5.75 Å². The SMILES string of the molecule is O=C(NCCc1ccc(O[C@H]2OC(CO[C@H]3OC(CO)[C@@H](O)[C@H](O)C3O)[C@@H](O)[C@H](O[C@H]3O[C@@H](CO)[C@@H](O)C(O)C3O)C2O)cc1)OCc1ccccc1. The van der Waals surface area contributed by atoms with Crippen molar-refractivity contribution in [2.75, 3.05) is 26.4 Å². The van der Waals surface area contributed by atoms with Gasteiger partial charge in [0.1, 0.15) is 85.6 Å². The van der Waals surface area contributed by atoms with Crippen molar-refractivity contribution >= 4 is 6.09 Å². The van der Waals surface area contributed by atoms with Crippen molar-refractivity contribution in [2.24, 2.45) is 0 Å². The van der Waals surface area contributed by atoms with Crippen molar-refractivity contribution in [3.8, 4) is 5.75 Å². The fourth-order valence-corrected chi connectivity index (χ4v) is 5.98. The number of benzene rings is 2. The lowest BCUT2D eigenvalue weighted by molar-refractivity contribution is -0.358. The molecule has 0 spiro atoms. The van der Waals surface area contributed by atoms with Crippen LogP contribution in [0.15, 0.2) is 54.6 Å². The van der Waals surface area contributed by atoms with E-state index in [1.165, 1.54) is 0 Å². The second-order valence-electron chi connectivity index (χ2n) is 12.9. The molecule has 0 saturated carbocycles. The van der Waals surface area contributed by atoms with E-state index in [1.54, 1.807) is 24.3 Å². The topological polar surface area (TPSA) is 296 Å². The number of alkyl carbamates (subject to hydrolysis) is 1. The summed E-state index contributed by atoms with van der Waals surface area (Å²) in [6.07, 6.45) is -25.1. The Labute approximate surface area is 303 Å². The minimum Gasteiger partial charge on any atom is -0.462 e. The molecule has 5 rings (SSSR count). The molecule has 3 saturated heterocycles. The molecule has 11 N–H and O–H groups in total. The number of carbonyl (C=O) groups excluding carboxylic acids is 1. The molecule has 53 heavy (non-hydrogen) atoms. The number of ether oxygens (including phenoxy) is 7. The van der Waals surface area contributed by atoms with E-state index in [0.717, 1.165) is 11.1 Å². The Morgan fingerprint density at radius 1 is 0.623 bits per heavy atom. The van der Waals surface area contributed by atoms with Gasteiger partial charge in [0.05, 0.1) is 19.8 Å². The number of hydrogen-bond acceptors (Lipinski definition) is 18. The van der Waals surface area contributed by atoms with Crippen LogP contribution in [-0.2, 0) is 41.4 Å². The average Bonchev–Trinajstić information content (AvgIpc) is 3.17. The van der Waals surface area contributed by atoms with Gasteiger partial charge in [-0.15, -0.1) is 0 Å². The molecule has 6 unspecified atom stereocenters. The van der Waals surface area contributed by atoms with Gasteiger partial charge >= 0.3 is 6.09 Å². The van der Waals surface area contributed by atoms with E-state index in [4.69, 9.17) is 33.2 Å². The second-order valence-corrected chi connectivity index (χ2v) is 12.9. The maximum absolute atomic E-state index is 12.1. The Balaban J connectivity index is 1.23. The summed E-state index contributed by atoms with van der Waals surface area (Å²) < 4.78 is 39.0. The van der Waals surface area contributed by atoms with Crippen LogP contribution in [0.3, 0.4) is 0 Å². The van der Waals surface area contributed by atoms with Gasteiger partial charge in [-0.25, -0.2) is 4.79 Å². The predicted octanol–water partition coefficient (Wildman–Crippen LogP) is -4.02. The van der Waals surface area contributed by atoms with E-state index in [9.17, 15) is 55.9 Å². The smallest absolute Gasteiger partial charge is 0.407 e. The molecule has 2 aromatic rings. The van der Waals surface area contributed by atoms with Crippen molar-refractivity contribution in [2.45, 2.75) is 105 Å². The van der Waals surface area contributed by atoms with Crippen LogP contribution >= 0.6 is 0 Å². The number of aliphatic hydroxyl groups is 10. The first kappa shape index (κ1) is 41.1. The summed E-state index contributed by atoms with van der Waals surface area (Å²) in [5.41, 5.74) is 1.65. The van der Waals surface area contributed by atoms with Gasteiger partial charge in [0.15, 0.2) is 12.6 Å². The highest BCUT2D eigenvalue weighted by Crippen LogP contribution is 2.31. The van der Waals surface area contributed by atoms with Crippen molar-refractivity contribution in [1.29, 1.82) is 0 Å². The average molecular weight is 758 g/mol. The highest BCUT2D eigenvalue weighted by Gasteiger charge is 2.52. The lowest BCUT2D eigenvalue weighted by Crippen LogP contribution is -2.65. The van der Waals surface area contributed by atoms with Crippen LogP contribution in [0, 0.1) is 0 Å². The van der Waals surface area contributed by atoms with E-state index < -0.39 is 118 Å². The summed E-state index contributed by atoms with van der Waals surface area (Å²) in [6.45, 7) is -1.70. The van der Waals surface area contributed by atoms with E-state index in [0.29, 0.717) is 6.42 Å². The van der Waals surface area contributed by atoms with Crippen molar-refractivity contribution in [3.05, 3.63) is 65.7 Å². The Bertz CT molecular complexity index is 1400. The summed E-state index contributed by atoms with van der Waals surface area (Å²) in [6, 6.07) is 15.7. The van der Waals surface area contributed by atoms with Gasteiger partial charge in [-0.1, -0.05) is 42.5 Å². The second kappa shape index (κ2) is 19.0. The lowest BCUT2D eigenvalue weighted by Gasteiger charge is -2.46. The molecule has 0 radical (unpaired) electrons. The van der Waals surface area contributed by atoms with E-state index >= 15 is 0 Å². The summed E-state index contributed by atoms with van der Waals surface area (Å²) in [5.74, 6) is 0.185. The molecule has 19 heteroatoms. The van der Waals surface area contributed by atoms with Crippen LogP contribution in [-0.4, -0.2) is 176 Å². The van der Waals surface area contributed by atoms with Gasteiger partial charge in [-0.3, -0.25) is 0 Å². The lowest BCUT2D eigenvalue weighted by atomic mass is 9.96. The van der Waals surface area contributed by atoms with Crippen LogP contribution in [0.2, 0.25) is 0 Å². The molecule has 296 valence electrons. The minimum atomic E-state index is -1.88. The summed E-state index contributed by atoms with van der Waals surface area (Å²) in [5, 5.41) is 106. The molecular weight excluding hydrogens is 710 g/mol. The third-order valence-electron chi connectivity index (χ3n) is 9.13. The Hall–Kier alpha value is -3.09. The first-order chi connectivity index (χ1) is 25.4. The van der Waals surface area contributed by atoms with Gasteiger partial charge in [0.25, 0.3) is 0 Å². The molecule has 1 amide bonds. The van der Waals surface area contributed by atoms with Crippen molar-refractivity contribution in [3.63, 3.8) is 0 Å². The molecule has 3 aliphatic heterocycles. The fraction of sp³-hybridized carbons (Fsp3) is 0.618. The Morgan fingerprint density at radius 3 is 1.83 bits per heavy atom. The first-order valence-electron chi connectivity index (χ1n) is 17.0. The third kappa shape index (κ3) is 10.2. The Morgan fingerprint density at radius 2 is 1.21 bits per heavy atom. The number of carbonyl (C=O) groups is 1. The third-order valence-corrected chi connectivity index (χ3v) is 9.13. The maximum Gasteiger partial charge on any atom is 0.407 e. The van der Waals surface area contributed by atoms with Gasteiger partial charge in [-0.05, 0) is 29.7 Å². The summed E-state index contributed by atoms with van der Waals surface area (Å²) in [7, 11) is 0. The zero-order valence-electron chi connectivity index (χ0n) is 28.3. The van der Waals surface area contributed by atoms with Crippen LogP contribution in [0.4, 0.5) is 4.79 Å². The minimum absolute atomic E-state index is 0.125. The quantitative estimate of drug-likeness (QED) is 0.0875. The maximum atomic E-state index is 12.1. The fourth-order valence-electron chi connectivity index (χ4n) is 5.98. The van der Waals surface area contributed by atoms with Gasteiger partial charge < -0.3 is 89.5 Å². The number of nitrogens with one attached hydrogen (secondary N) is 1. The van der Waals surface area contributed by atoms with Crippen LogP contribution in [0.25, 0.3) is 0 Å². The van der Waals surface area contributed by atoms with E-state index in [-0.39, 0.29) is 18.9 Å². The van der Waals surface area contributed by atoms with Crippen LogP contribution in [0.1, 0.15) is 11.1 Å². The normalized spacial score (nSPS) is 37.5. The molecule has 3 aliphatic rings. The highest BCUT2D eigenvalue weighted by molar-refractivity contribution is 5.67. The monoisotopic (exact) mass is 757 g/mol. The highest BCUT2D eigenvalue weighted by atomic mass is 16.7.